The van der Waals surface area contributed by atoms with Gasteiger partial charge in [-0.3, -0.25) is 14.4 Å². The molecule has 21 heteroatoms. The summed E-state index contributed by atoms with van der Waals surface area (Å²) in [5.74, 6) is -1.57. The summed E-state index contributed by atoms with van der Waals surface area (Å²) in [4.78, 5) is 39.3. The Morgan fingerprint density at radius 3 is 1.25 bits per heavy atom. The number of hydrogen-bond donors (Lipinski definition) is 9. The third kappa shape index (κ3) is 8.93. The zero-order chi connectivity index (χ0) is 50.5. The molecule has 6 aliphatic heterocycles. The molecular weight excluding hydrogens is 928 g/mol. The Morgan fingerprint density at radius 2 is 0.861 bits per heavy atom. The van der Waals surface area contributed by atoms with Crippen LogP contribution in [0.15, 0.2) is 36.4 Å². The van der Waals surface area contributed by atoms with E-state index in [2.05, 4.69) is 47.2 Å². The molecule has 3 atom stereocenters. The highest BCUT2D eigenvalue weighted by atomic mass is 19.1. The van der Waals surface area contributed by atoms with Gasteiger partial charge in [-0.1, -0.05) is 0 Å². The van der Waals surface area contributed by atoms with Gasteiger partial charge in [-0.15, -0.1) is 5.10 Å². The summed E-state index contributed by atoms with van der Waals surface area (Å²) in [5, 5.41) is 32.7. The first-order chi connectivity index (χ1) is 34.7. The van der Waals surface area contributed by atoms with Crippen LogP contribution in [0.2, 0.25) is 0 Å². The van der Waals surface area contributed by atoms with E-state index in [0.29, 0.717) is 99.1 Å². The summed E-state index contributed by atoms with van der Waals surface area (Å²) < 4.78 is 45.7. The van der Waals surface area contributed by atoms with Crippen molar-refractivity contribution in [2.24, 2.45) is 0 Å². The molecule has 3 aromatic carbocycles. The Balaban J connectivity index is 0.000000124. The smallest absolute Gasteiger partial charge is 0.256 e. The molecule has 0 saturated heterocycles. The molecule has 18 nitrogen and oxygen atoms in total. The van der Waals surface area contributed by atoms with Crippen LogP contribution in [0.1, 0.15) is 119 Å². The second-order valence-corrected chi connectivity index (χ2v) is 19.3. The van der Waals surface area contributed by atoms with Crippen LogP contribution < -0.4 is 49.1 Å². The van der Waals surface area contributed by atoms with Gasteiger partial charge in [0.2, 0.25) is 0 Å². The summed E-state index contributed by atoms with van der Waals surface area (Å²) in [6.07, 6.45) is 4.04. The van der Waals surface area contributed by atoms with Crippen molar-refractivity contribution < 1.29 is 27.6 Å². The number of rotatable bonds is 3. The second kappa shape index (κ2) is 19.8. The third-order valence-corrected chi connectivity index (χ3v) is 14.7. The van der Waals surface area contributed by atoms with Gasteiger partial charge >= 0.3 is 0 Å². The Labute approximate surface area is 414 Å². The van der Waals surface area contributed by atoms with Gasteiger partial charge in [0.05, 0.1) is 34.8 Å². The number of carbonyl (C=O) groups is 3. The van der Waals surface area contributed by atoms with E-state index in [9.17, 15) is 27.6 Å². The van der Waals surface area contributed by atoms with Gasteiger partial charge in [0.1, 0.15) is 29.1 Å². The summed E-state index contributed by atoms with van der Waals surface area (Å²) in [6, 6.07) is 8.78. The number of benzene rings is 3. The average molecular weight is 988 g/mol. The summed E-state index contributed by atoms with van der Waals surface area (Å²) in [6.45, 7) is 11.9. The van der Waals surface area contributed by atoms with E-state index in [0.717, 1.165) is 100 Å². The van der Waals surface area contributed by atoms with Crippen molar-refractivity contribution in [2.45, 2.75) is 96.7 Å². The Morgan fingerprint density at radius 1 is 0.500 bits per heavy atom. The number of aromatic nitrogens is 6. The summed E-state index contributed by atoms with van der Waals surface area (Å²) in [5.41, 5.74) is 30.7. The average Bonchev–Trinajstić information content (AvgIpc) is 4.02. The van der Waals surface area contributed by atoms with Crippen molar-refractivity contribution in [3.8, 4) is 0 Å². The zero-order valence-corrected chi connectivity index (χ0v) is 40.6. The van der Waals surface area contributed by atoms with Crippen molar-refractivity contribution in [2.75, 3.05) is 72.4 Å². The molecule has 3 aromatic heterocycles. The number of hydrogen-bond acceptors (Lipinski definition) is 15. The molecule has 1 unspecified atom stereocenters. The van der Waals surface area contributed by atoms with Gasteiger partial charge in [-0.2, -0.15) is 19.6 Å². The number of nitrogens with one attached hydrogen (secondary N) is 6. The van der Waals surface area contributed by atoms with Gasteiger partial charge in [-0.25, -0.2) is 17.9 Å². The number of nitrogens with zero attached hydrogens (tertiary/aromatic N) is 6. The van der Waals surface area contributed by atoms with Gasteiger partial charge in [0, 0.05) is 112 Å². The number of fused-ring (bicyclic) bond motifs is 6. The molecule has 6 aromatic rings. The fourth-order valence-electron chi connectivity index (χ4n) is 11.1. The lowest BCUT2D eigenvalue weighted by Gasteiger charge is -2.27. The summed E-state index contributed by atoms with van der Waals surface area (Å²) >= 11 is 0. The van der Waals surface area contributed by atoms with Crippen molar-refractivity contribution in [3.63, 3.8) is 0 Å². The lowest BCUT2D eigenvalue weighted by molar-refractivity contribution is 0.0846. The van der Waals surface area contributed by atoms with Gasteiger partial charge in [0.15, 0.2) is 5.82 Å². The lowest BCUT2D eigenvalue weighted by Crippen LogP contribution is -2.31. The van der Waals surface area contributed by atoms with Gasteiger partial charge < -0.3 is 49.1 Å². The lowest BCUT2D eigenvalue weighted by atomic mass is 9.88. The zero-order valence-electron chi connectivity index (χ0n) is 40.6. The van der Waals surface area contributed by atoms with E-state index in [-0.39, 0.29) is 35.2 Å². The fraction of sp³-hybridized carbons (Fsp3) is 0.412. The first-order valence-corrected chi connectivity index (χ1v) is 24.6. The molecule has 12 N–H and O–H groups in total. The van der Waals surface area contributed by atoms with E-state index in [1.807, 2.05) is 20.8 Å². The van der Waals surface area contributed by atoms with Crippen LogP contribution in [0.4, 0.5) is 47.7 Å². The quantitative estimate of drug-likeness (QED) is 0.108. The Kier molecular flexibility index (Phi) is 13.3. The standard InChI is InChI=1S/3C17H20FN5O/c1-9-6-10(18)7-12-11(2-5-21-15(9)12)17(24)23-14-3-4-20-8-13(14)16(19)22-23;2*1-9-6-10(18)7-12-11(2-5-21-15(9)12)17(24)23-16(19)13-8-20-4-3-14(13)22-23/h6-7,11,20-21H,2-5,8H2,1H3,(H2,19,22);2*6-7,11,20-21H,2-5,8,19H2,1H3/t;2*11-/m.10/s1. The number of anilines is 6. The van der Waals surface area contributed by atoms with Crippen molar-refractivity contribution >= 4 is 52.2 Å². The van der Waals surface area contributed by atoms with Crippen molar-refractivity contribution in [1.29, 1.82) is 0 Å². The minimum Gasteiger partial charge on any atom is -0.385 e. The summed E-state index contributed by atoms with van der Waals surface area (Å²) in [7, 11) is 0. The SMILES string of the molecule is Cc1cc(F)cc2c1NCCC2C(=O)n1nc(N)c2c1CCNC2.Cc1cc(F)cc2c1NCC[C@@H]2C(=O)n1nc2c(c1N)CNCC2.Cc1cc(F)cc2c1NCC[C@H]2C(=O)n1nc2c(c1N)CNCC2. The maximum Gasteiger partial charge on any atom is 0.256 e. The molecule has 6 aliphatic rings. The molecule has 0 fully saturated rings. The van der Waals surface area contributed by atoms with Crippen molar-refractivity contribution in [1.82, 2.24) is 45.3 Å². The molecule has 12 rings (SSSR count). The largest absolute Gasteiger partial charge is 0.385 e. The van der Waals surface area contributed by atoms with E-state index >= 15 is 0 Å². The first kappa shape index (κ1) is 48.4. The number of nitrogen functional groups attached to an aromatic ring is 3. The second-order valence-electron chi connectivity index (χ2n) is 19.3. The maximum absolute atomic E-state index is 13.9. The van der Waals surface area contributed by atoms with E-state index in [1.165, 1.54) is 50.4 Å². The molecular formula is C51H60F3N15O3. The van der Waals surface area contributed by atoms with E-state index in [4.69, 9.17) is 17.2 Å². The molecule has 0 bridgehead atoms. The minimum absolute atomic E-state index is 0.127. The third-order valence-electron chi connectivity index (χ3n) is 14.7. The number of carbonyl (C=O) groups excluding carboxylic acids is 3. The van der Waals surface area contributed by atoms with Crippen LogP contribution >= 0.6 is 0 Å². The predicted octanol–water partition coefficient (Wildman–Crippen LogP) is 5.39. The van der Waals surface area contributed by atoms with Gasteiger partial charge in [0.25, 0.3) is 17.7 Å². The highest BCUT2D eigenvalue weighted by Crippen LogP contribution is 2.40. The van der Waals surface area contributed by atoms with Crippen LogP contribution in [-0.2, 0) is 38.9 Å². The topological polar surface area (TPSA) is 255 Å². The van der Waals surface area contributed by atoms with Crippen LogP contribution in [-0.4, -0.2) is 86.3 Å². The van der Waals surface area contributed by atoms with Crippen molar-refractivity contribution in [3.05, 3.63) is 121 Å². The van der Waals surface area contributed by atoms with Crippen LogP contribution in [0.5, 0.6) is 0 Å². The normalized spacial score (nSPS) is 19.3. The fourth-order valence-corrected chi connectivity index (χ4v) is 11.1. The minimum atomic E-state index is -0.438. The Bertz CT molecular complexity index is 3000. The van der Waals surface area contributed by atoms with Gasteiger partial charge in [-0.05, 0) is 110 Å². The molecule has 378 valence electrons. The number of nitrogens with two attached hydrogens (primary N) is 3. The Hall–Kier alpha value is -7.23. The van der Waals surface area contributed by atoms with E-state index in [1.54, 1.807) is 0 Å². The number of halogens is 3. The van der Waals surface area contributed by atoms with E-state index < -0.39 is 17.8 Å². The monoisotopic (exact) mass is 987 g/mol. The first-order valence-electron chi connectivity index (χ1n) is 24.6. The molecule has 0 saturated carbocycles. The molecule has 9 heterocycles. The highest BCUT2D eigenvalue weighted by Gasteiger charge is 2.36. The molecule has 0 spiro atoms. The molecule has 0 amide bonds. The van der Waals surface area contributed by atoms with Crippen LogP contribution in [0.25, 0.3) is 0 Å². The molecule has 0 radical (unpaired) electrons. The number of aryl methyl sites for hydroxylation is 3. The molecule has 72 heavy (non-hydrogen) atoms. The predicted molar refractivity (Wildman–Crippen MR) is 269 cm³/mol. The molecule has 0 aliphatic carbocycles. The van der Waals surface area contributed by atoms with Crippen LogP contribution in [0, 0.1) is 38.2 Å². The maximum atomic E-state index is 13.9. The highest BCUT2D eigenvalue weighted by molar-refractivity contribution is 5.92. The van der Waals surface area contributed by atoms with Crippen LogP contribution in [0.3, 0.4) is 0 Å².